The molecule has 2 aromatic rings. The fraction of sp³-hybridized carbons (Fsp3) is 0.368. The number of hydrogen-bond acceptors (Lipinski definition) is 3. The predicted octanol–water partition coefficient (Wildman–Crippen LogP) is 3.81. The summed E-state index contributed by atoms with van der Waals surface area (Å²) in [5.74, 6) is 0. The lowest BCUT2D eigenvalue weighted by Crippen LogP contribution is -2.41. The van der Waals surface area contributed by atoms with Crippen molar-refractivity contribution in [3.05, 3.63) is 63.9 Å². The third-order valence-corrected chi connectivity index (χ3v) is 5.02. The average Bonchev–Trinajstić information content (AvgIpc) is 2.87. The van der Waals surface area contributed by atoms with Crippen LogP contribution < -0.4 is 5.32 Å². The molecule has 0 saturated carbocycles. The standard InChI is InChI=1S/C19H22Cl2N4O/c20-16-6-5-15(18(21)12-16)13-23-19(26)25-9-3-8-24(10-11-25)14-17-4-1-2-7-22-17/h1-2,4-7,12H,3,8-11,13-14H2,(H,23,26). The molecular weight excluding hydrogens is 371 g/mol. The summed E-state index contributed by atoms with van der Waals surface area (Å²) in [5.41, 5.74) is 1.92. The number of halogens is 2. The van der Waals surface area contributed by atoms with Gasteiger partial charge in [-0.1, -0.05) is 35.3 Å². The number of aromatic nitrogens is 1. The minimum absolute atomic E-state index is 0.0595. The summed E-state index contributed by atoms with van der Waals surface area (Å²) in [7, 11) is 0. The Labute approximate surface area is 163 Å². The van der Waals surface area contributed by atoms with Crippen LogP contribution in [0, 0.1) is 0 Å². The summed E-state index contributed by atoms with van der Waals surface area (Å²) in [6.45, 7) is 4.46. The smallest absolute Gasteiger partial charge is 0.317 e. The third-order valence-electron chi connectivity index (χ3n) is 4.43. The second-order valence-electron chi connectivity index (χ2n) is 6.33. The monoisotopic (exact) mass is 392 g/mol. The molecule has 0 aliphatic carbocycles. The first-order valence-electron chi connectivity index (χ1n) is 8.71. The molecule has 5 nitrogen and oxygen atoms in total. The molecule has 0 unspecified atom stereocenters. The molecule has 0 spiro atoms. The van der Waals surface area contributed by atoms with Crippen molar-refractivity contribution in [1.82, 2.24) is 20.1 Å². The highest BCUT2D eigenvalue weighted by molar-refractivity contribution is 6.35. The fourth-order valence-electron chi connectivity index (χ4n) is 3.00. The summed E-state index contributed by atoms with van der Waals surface area (Å²) in [6.07, 6.45) is 2.76. The van der Waals surface area contributed by atoms with Gasteiger partial charge in [0.2, 0.25) is 0 Å². The normalized spacial score (nSPS) is 15.5. The van der Waals surface area contributed by atoms with Gasteiger partial charge in [-0.3, -0.25) is 9.88 Å². The summed E-state index contributed by atoms with van der Waals surface area (Å²) in [6, 6.07) is 11.2. The molecule has 138 valence electrons. The van der Waals surface area contributed by atoms with Crippen molar-refractivity contribution in [2.75, 3.05) is 26.2 Å². The summed E-state index contributed by atoms with van der Waals surface area (Å²) in [4.78, 5) is 21.1. The van der Waals surface area contributed by atoms with Crippen molar-refractivity contribution in [2.24, 2.45) is 0 Å². The minimum Gasteiger partial charge on any atom is -0.334 e. The van der Waals surface area contributed by atoms with E-state index in [2.05, 4.69) is 15.2 Å². The fourth-order valence-corrected chi connectivity index (χ4v) is 3.48. The van der Waals surface area contributed by atoms with E-state index < -0.39 is 0 Å². The molecule has 26 heavy (non-hydrogen) atoms. The van der Waals surface area contributed by atoms with E-state index in [0.29, 0.717) is 23.1 Å². The number of urea groups is 1. The highest BCUT2D eigenvalue weighted by atomic mass is 35.5. The summed E-state index contributed by atoms with van der Waals surface area (Å²) >= 11 is 12.1. The number of rotatable bonds is 4. The van der Waals surface area contributed by atoms with Gasteiger partial charge in [0.05, 0.1) is 5.69 Å². The van der Waals surface area contributed by atoms with Gasteiger partial charge >= 0.3 is 6.03 Å². The summed E-state index contributed by atoms with van der Waals surface area (Å²) in [5, 5.41) is 4.10. The van der Waals surface area contributed by atoms with Crippen LogP contribution in [0.4, 0.5) is 4.79 Å². The SMILES string of the molecule is O=C(NCc1ccc(Cl)cc1Cl)N1CCCN(Cc2ccccn2)CC1. The van der Waals surface area contributed by atoms with Crippen molar-refractivity contribution in [1.29, 1.82) is 0 Å². The predicted molar refractivity (Wildman–Crippen MR) is 104 cm³/mol. The molecule has 2 heterocycles. The quantitative estimate of drug-likeness (QED) is 0.860. The number of nitrogens with zero attached hydrogens (tertiary/aromatic N) is 3. The number of hydrogen-bond donors (Lipinski definition) is 1. The maximum atomic E-state index is 12.5. The molecule has 0 atom stereocenters. The maximum absolute atomic E-state index is 12.5. The molecule has 1 aromatic carbocycles. The van der Waals surface area contributed by atoms with E-state index in [1.807, 2.05) is 35.4 Å². The van der Waals surface area contributed by atoms with Crippen LogP contribution in [0.1, 0.15) is 17.7 Å². The summed E-state index contributed by atoms with van der Waals surface area (Å²) < 4.78 is 0. The maximum Gasteiger partial charge on any atom is 0.317 e. The molecule has 1 aliphatic rings. The van der Waals surface area contributed by atoms with Gasteiger partial charge in [-0.25, -0.2) is 4.79 Å². The van der Waals surface area contributed by atoms with Gasteiger partial charge in [0.25, 0.3) is 0 Å². The van der Waals surface area contributed by atoms with Crippen molar-refractivity contribution in [3.63, 3.8) is 0 Å². The molecule has 1 aromatic heterocycles. The Hall–Kier alpha value is -1.82. The Morgan fingerprint density at radius 3 is 2.77 bits per heavy atom. The molecule has 2 amide bonds. The second-order valence-corrected chi connectivity index (χ2v) is 7.18. The van der Waals surface area contributed by atoms with E-state index in [1.54, 1.807) is 12.1 Å². The van der Waals surface area contributed by atoms with Crippen molar-refractivity contribution in [3.8, 4) is 0 Å². The lowest BCUT2D eigenvalue weighted by Gasteiger charge is -2.22. The molecular formula is C19H22Cl2N4O. The Bertz CT molecular complexity index is 742. The number of nitrogens with one attached hydrogen (secondary N) is 1. The number of benzene rings is 1. The van der Waals surface area contributed by atoms with Gasteiger partial charge in [-0.05, 0) is 36.2 Å². The Morgan fingerprint density at radius 2 is 2.00 bits per heavy atom. The van der Waals surface area contributed by atoms with Crippen LogP contribution in [0.25, 0.3) is 0 Å². The van der Waals surface area contributed by atoms with Crippen LogP contribution in [0.3, 0.4) is 0 Å². The van der Waals surface area contributed by atoms with Crippen LogP contribution >= 0.6 is 23.2 Å². The number of carbonyl (C=O) groups excluding carboxylic acids is 1. The van der Waals surface area contributed by atoms with Gasteiger partial charge < -0.3 is 10.2 Å². The zero-order chi connectivity index (χ0) is 18.4. The zero-order valence-corrected chi connectivity index (χ0v) is 16.0. The second kappa shape index (κ2) is 9.21. The number of carbonyl (C=O) groups is 1. The van der Waals surface area contributed by atoms with E-state index in [-0.39, 0.29) is 6.03 Å². The topological polar surface area (TPSA) is 48.5 Å². The molecule has 0 radical (unpaired) electrons. The minimum atomic E-state index is -0.0595. The molecule has 1 saturated heterocycles. The van der Waals surface area contributed by atoms with E-state index >= 15 is 0 Å². The van der Waals surface area contributed by atoms with Crippen LogP contribution in [0.5, 0.6) is 0 Å². The van der Waals surface area contributed by atoms with Crippen LogP contribution in [0.2, 0.25) is 10.0 Å². The van der Waals surface area contributed by atoms with Crippen LogP contribution in [-0.2, 0) is 13.1 Å². The third kappa shape index (κ3) is 5.34. The first kappa shape index (κ1) is 19.0. The molecule has 1 aliphatic heterocycles. The average molecular weight is 393 g/mol. The van der Waals surface area contributed by atoms with Gasteiger partial charge in [-0.15, -0.1) is 0 Å². The number of amides is 2. The van der Waals surface area contributed by atoms with Gasteiger partial charge in [0.1, 0.15) is 0 Å². The molecule has 1 N–H and O–H groups in total. The Morgan fingerprint density at radius 1 is 1.12 bits per heavy atom. The van der Waals surface area contributed by atoms with Gasteiger partial charge in [0, 0.05) is 55.5 Å². The lowest BCUT2D eigenvalue weighted by molar-refractivity contribution is 0.197. The van der Waals surface area contributed by atoms with E-state index in [9.17, 15) is 4.79 Å². The zero-order valence-electron chi connectivity index (χ0n) is 14.5. The molecule has 0 bridgehead atoms. The first-order valence-corrected chi connectivity index (χ1v) is 9.46. The Balaban J connectivity index is 1.49. The van der Waals surface area contributed by atoms with Crippen molar-refractivity contribution >= 4 is 29.2 Å². The van der Waals surface area contributed by atoms with Crippen molar-refractivity contribution < 1.29 is 4.79 Å². The van der Waals surface area contributed by atoms with Crippen LogP contribution in [-0.4, -0.2) is 47.0 Å². The van der Waals surface area contributed by atoms with Crippen LogP contribution in [0.15, 0.2) is 42.6 Å². The molecule has 7 heteroatoms. The van der Waals surface area contributed by atoms with Gasteiger partial charge in [-0.2, -0.15) is 0 Å². The first-order chi connectivity index (χ1) is 12.6. The number of pyridine rings is 1. The van der Waals surface area contributed by atoms with Crippen molar-refractivity contribution in [2.45, 2.75) is 19.5 Å². The van der Waals surface area contributed by atoms with E-state index in [0.717, 1.165) is 43.9 Å². The molecule has 3 rings (SSSR count). The Kier molecular flexibility index (Phi) is 6.72. The highest BCUT2D eigenvalue weighted by Gasteiger charge is 2.19. The largest absolute Gasteiger partial charge is 0.334 e. The highest BCUT2D eigenvalue weighted by Crippen LogP contribution is 2.20. The van der Waals surface area contributed by atoms with E-state index in [4.69, 9.17) is 23.2 Å². The van der Waals surface area contributed by atoms with Gasteiger partial charge in [0.15, 0.2) is 0 Å². The molecule has 1 fully saturated rings. The van der Waals surface area contributed by atoms with E-state index in [1.165, 1.54) is 0 Å². The lowest BCUT2D eigenvalue weighted by atomic mass is 10.2.